The van der Waals surface area contributed by atoms with E-state index in [1.165, 1.54) is 23.1 Å². The molecule has 0 bridgehead atoms. The summed E-state index contributed by atoms with van der Waals surface area (Å²) in [6.07, 6.45) is 5.12. The van der Waals surface area contributed by atoms with Crippen LogP contribution in [0.1, 0.15) is 0 Å². The molecular formula is C7H7N5S3. The Morgan fingerprint density at radius 2 is 1.87 bits per heavy atom. The maximum Gasteiger partial charge on any atom is 0.194 e. The Hall–Kier alpha value is -0.860. The van der Waals surface area contributed by atoms with Crippen molar-refractivity contribution in [3.05, 3.63) is 12.4 Å². The van der Waals surface area contributed by atoms with Crippen LogP contribution in [0.15, 0.2) is 26.2 Å². The number of anilines is 1. The molecule has 0 aliphatic carbocycles. The Kier molecular flexibility index (Phi) is 3.39. The second-order valence-corrected chi connectivity index (χ2v) is 5.68. The van der Waals surface area contributed by atoms with Gasteiger partial charge < -0.3 is 5.73 Å². The first-order valence-electron chi connectivity index (χ1n) is 3.91. The van der Waals surface area contributed by atoms with Crippen molar-refractivity contribution in [2.24, 2.45) is 0 Å². The highest BCUT2D eigenvalue weighted by molar-refractivity contribution is 8.02. The first-order chi connectivity index (χ1) is 7.28. The molecule has 2 rings (SSSR count). The van der Waals surface area contributed by atoms with Crippen molar-refractivity contribution in [3.63, 3.8) is 0 Å². The van der Waals surface area contributed by atoms with Gasteiger partial charge in [-0.1, -0.05) is 23.1 Å². The third-order valence-corrected chi connectivity index (χ3v) is 4.23. The monoisotopic (exact) mass is 257 g/mol. The van der Waals surface area contributed by atoms with Crippen LogP contribution in [0.4, 0.5) is 5.69 Å². The van der Waals surface area contributed by atoms with Crippen LogP contribution < -0.4 is 5.73 Å². The van der Waals surface area contributed by atoms with Crippen LogP contribution in [0, 0.1) is 0 Å². The van der Waals surface area contributed by atoms with E-state index >= 15 is 0 Å². The number of hydrogen-bond acceptors (Lipinski definition) is 8. The zero-order valence-corrected chi connectivity index (χ0v) is 10.2. The Bertz CT molecular complexity index is 440. The first kappa shape index (κ1) is 10.7. The predicted molar refractivity (Wildman–Crippen MR) is 62.3 cm³/mol. The highest BCUT2D eigenvalue weighted by Crippen LogP contribution is 2.30. The van der Waals surface area contributed by atoms with E-state index < -0.39 is 0 Å². The van der Waals surface area contributed by atoms with Crippen molar-refractivity contribution in [1.29, 1.82) is 0 Å². The number of rotatable bonds is 3. The number of nitrogen functional groups attached to an aromatic ring is 1. The molecule has 2 aromatic heterocycles. The number of nitrogens with two attached hydrogens (primary N) is 1. The standard InChI is InChI=1S/C7H7N5S3/c1-13-6-11-12-7(15-6)14-5-9-2-4(8)3-10-5/h2-3H,8H2,1H3. The van der Waals surface area contributed by atoms with Gasteiger partial charge in [0.05, 0.1) is 18.1 Å². The zero-order valence-electron chi connectivity index (χ0n) is 7.75. The summed E-state index contributed by atoms with van der Waals surface area (Å²) in [5.74, 6) is 0. The Morgan fingerprint density at radius 3 is 2.47 bits per heavy atom. The van der Waals surface area contributed by atoms with Crippen molar-refractivity contribution < 1.29 is 0 Å². The largest absolute Gasteiger partial charge is 0.396 e. The summed E-state index contributed by atoms with van der Waals surface area (Å²) in [4.78, 5) is 8.14. The van der Waals surface area contributed by atoms with E-state index in [0.29, 0.717) is 10.8 Å². The van der Waals surface area contributed by atoms with E-state index in [4.69, 9.17) is 5.73 Å². The summed E-state index contributed by atoms with van der Waals surface area (Å²) < 4.78 is 1.78. The quantitative estimate of drug-likeness (QED) is 0.663. The van der Waals surface area contributed by atoms with Crippen LogP contribution in [0.2, 0.25) is 0 Å². The summed E-state index contributed by atoms with van der Waals surface area (Å²) in [7, 11) is 0. The van der Waals surface area contributed by atoms with Gasteiger partial charge in [-0.05, 0) is 18.0 Å². The fourth-order valence-corrected chi connectivity index (χ4v) is 3.02. The molecule has 8 heteroatoms. The van der Waals surface area contributed by atoms with Gasteiger partial charge in [-0.15, -0.1) is 10.2 Å². The molecule has 0 amide bonds. The van der Waals surface area contributed by atoms with E-state index in [-0.39, 0.29) is 0 Å². The average molecular weight is 257 g/mol. The Balaban J connectivity index is 2.11. The lowest BCUT2D eigenvalue weighted by Crippen LogP contribution is -1.90. The van der Waals surface area contributed by atoms with E-state index in [2.05, 4.69) is 20.2 Å². The highest BCUT2D eigenvalue weighted by atomic mass is 32.2. The number of aromatic nitrogens is 4. The SMILES string of the molecule is CSc1nnc(Sc2ncc(N)cn2)s1. The van der Waals surface area contributed by atoms with Crippen LogP contribution in [-0.2, 0) is 0 Å². The van der Waals surface area contributed by atoms with Gasteiger partial charge in [0.2, 0.25) is 0 Å². The minimum atomic E-state index is 0.557. The summed E-state index contributed by atoms with van der Waals surface area (Å²) >= 11 is 4.48. The minimum absolute atomic E-state index is 0.557. The van der Waals surface area contributed by atoms with Gasteiger partial charge in [-0.3, -0.25) is 0 Å². The molecule has 0 atom stereocenters. The minimum Gasteiger partial charge on any atom is -0.396 e. The zero-order chi connectivity index (χ0) is 10.7. The molecule has 5 nitrogen and oxygen atoms in total. The van der Waals surface area contributed by atoms with Gasteiger partial charge in [-0.2, -0.15) is 0 Å². The Morgan fingerprint density at radius 1 is 1.20 bits per heavy atom. The van der Waals surface area contributed by atoms with Gasteiger partial charge >= 0.3 is 0 Å². The highest BCUT2D eigenvalue weighted by Gasteiger charge is 2.06. The van der Waals surface area contributed by atoms with Crippen molar-refractivity contribution >= 4 is 40.5 Å². The summed E-state index contributed by atoms with van der Waals surface area (Å²) in [6.45, 7) is 0. The van der Waals surface area contributed by atoms with Gasteiger partial charge in [0.25, 0.3) is 0 Å². The first-order valence-corrected chi connectivity index (χ1v) is 6.76. The average Bonchev–Trinajstić information content (AvgIpc) is 2.69. The van der Waals surface area contributed by atoms with E-state index in [1.807, 2.05) is 6.26 Å². The lowest BCUT2D eigenvalue weighted by Gasteiger charge is -1.94. The summed E-state index contributed by atoms with van der Waals surface area (Å²) in [5, 5.41) is 8.62. The van der Waals surface area contributed by atoms with Crippen molar-refractivity contribution in [3.8, 4) is 0 Å². The van der Waals surface area contributed by atoms with E-state index in [9.17, 15) is 0 Å². The lowest BCUT2D eigenvalue weighted by molar-refractivity contribution is 0.937. The van der Waals surface area contributed by atoms with Crippen LogP contribution in [0.25, 0.3) is 0 Å². The number of thioether (sulfide) groups is 1. The van der Waals surface area contributed by atoms with E-state index in [1.54, 1.807) is 24.2 Å². The molecule has 0 saturated heterocycles. The van der Waals surface area contributed by atoms with Gasteiger partial charge in [0.15, 0.2) is 13.8 Å². The maximum atomic E-state index is 5.48. The molecule has 15 heavy (non-hydrogen) atoms. The molecule has 2 heterocycles. The fourth-order valence-electron chi connectivity index (χ4n) is 0.778. The van der Waals surface area contributed by atoms with Crippen molar-refractivity contribution in [2.75, 3.05) is 12.0 Å². The molecule has 2 N–H and O–H groups in total. The second kappa shape index (κ2) is 4.77. The predicted octanol–water partition coefficient (Wildman–Crippen LogP) is 1.78. The van der Waals surface area contributed by atoms with Crippen LogP contribution in [0.3, 0.4) is 0 Å². The normalized spacial score (nSPS) is 10.5. The third kappa shape index (κ3) is 2.80. The summed E-state index contributed by atoms with van der Waals surface area (Å²) in [5.41, 5.74) is 6.04. The molecule has 0 radical (unpaired) electrons. The van der Waals surface area contributed by atoms with Gasteiger partial charge in [-0.25, -0.2) is 9.97 Å². The Labute approximate surface area is 98.9 Å². The topological polar surface area (TPSA) is 77.6 Å². The smallest absolute Gasteiger partial charge is 0.194 e. The number of hydrogen-bond donors (Lipinski definition) is 1. The lowest BCUT2D eigenvalue weighted by atomic mass is 10.6. The molecule has 0 aliphatic rings. The number of nitrogens with zero attached hydrogens (tertiary/aromatic N) is 4. The molecule has 0 spiro atoms. The summed E-state index contributed by atoms with van der Waals surface area (Å²) in [6, 6.07) is 0. The third-order valence-electron chi connectivity index (χ3n) is 1.39. The van der Waals surface area contributed by atoms with Crippen LogP contribution >= 0.6 is 34.9 Å². The van der Waals surface area contributed by atoms with E-state index in [0.717, 1.165) is 8.68 Å². The fraction of sp³-hybridized carbons (Fsp3) is 0.143. The van der Waals surface area contributed by atoms with Gasteiger partial charge in [0.1, 0.15) is 0 Å². The maximum absolute atomic E-state index is 5.48. The second-order valence-electron chi connectivity index (χ2n) is 2.44. The molecule has 0 aromatic carbocycles. The van der Waals surface area contributed by atoms with Crippen molar-refractivity contribution in [2.45, 2.75) is 13.8 Å². The molecule has 0 unspecified atom stereocenters. The van der Waals surface area contributed by atoms with Crippen LogP contribution in [-0.4, -0.2) is 26.4 Å². The molecule has 0 saturated carbocycles. The molecular weight excluding hydrogens is 250 g/mol. The molecule has 0 fully saturated rings. The van der Waals surface area contributed by atoms with Crippen LogP contribution in [0.5, 0.6) is 0 Å². The molecule has 78 valence electrons. The van der Waals surface area contributed by atoms with Gasteiger partial charge in [0, 0.05) is 0 Å². The van der Waals surface area contributed by atoms with Crippen molar-refractivity contribution in [1.82, 2.24) is 20.2 Å². The molecule has 2 aromatic rings. The molecule has 0 aliphatic heterocycles.